The van der Waals surface area contributed by atoms with Crippen molar-refractivity contribution >= 4 is 12.1 Å². The predicted octanol–water partition coefficient (Wildman–Crippen LogP) is 4.50. The summed E-state index contributed by atoms with van der Waals surface area (Å²) in [7, 11) is 0. The van der Waals surface area contributed by atoms with E-state index in [1.165, 1.54) is 6.07 Å². The molecular weight excluding hydrogens is 410 g/mol. The lowest BCUT2D eigenvalue weighted by molar-refractivity contribution is 0.00281. The highest BCUT2D eigenvalue weighted by molar-refractivity contribution is 5.94. The van der Waals surface area contributed by atoms with Crippen LogP contribution in [0.15, 0.2) is 30.4 Å². The fraction of sp³-hybridized carbons (Fsp3) is 0.600. The van der Waals surface area contributed by atoms with Crippen LogP contribution in [0.2, 0.25) is 0 Å². The maximum Gasteiger partial charge on any atom is 0.407 e. The van der Waals surface area contributed by atoms with Gasteiger partial charge in [0.2, 0.25) is 0 Å². The number of ether oxygens (including phenoxy) is 2. The average Bonchev–Trinajstić information content (AvgIpc) is 2.76. The van der Waals surface area contributed by atoms with Crippen LogP contribution in [0.4, 0.5) is 4.79 Å². The lowest BCUT2D eigenvalue weighted by Gasteiger charge is -2.25. The van der Waals surface area contributed by atoms with Gasteiger partial charge in [0.25, 0.3) is 0 Å². The molecule has 1 aromatic rings. The maximum absolute atomic E-state index is 12.9. The maximum atomic E-state index is 12.9. The van der Waals surface area contributed by atoms with Gasteiger partial charge >= 0.3 is 12.1 Å². The van der Waals surface area contributed by atoms with Crippen LogP contribution in [-0.4, -0.2) is 47.6 Å². The van der Waals surface area contributed by atoms with Crippen LogP contribution in [0, 0.1) is 5.92 Å². The number of phenols is 1. The predicted molar refractivity (Wildman–Crippen MR) is 123 cm³/mol. The Kier molecular flexibility index (Phi) is 11.1. The quantitative estimate of drug-likeness (QED) is 0.308. The van der Waals surface area contributed by atoms with Crippen LogP contribution >= 0.6 is 0 Å². The Balaban J connectivity index is 1.98. The number of aliphatic hydroxyl groups is 1. The molecule has 178 valence electrons. The second kappa shape index (κ2) is 13.8. The first-order valence-electron chi connectivity index (χ1n) is 11.7. The number of esters is 1. The van der Waals surface area contributed by atoms with E-state index in [9.17, 15) is 19.8 Å². The van der Waals surface area contributed by atoms with Gasteiger partial charge in [-0.2, -0.15) is 0 Å². The average molecular weight is 448 g/mol. The minimum Gasteiger partial charge on any atom is -0.507 e. The van der Waals surface area contributed by atoms with Gasteiger partial charge in [-0.3, -0.25) is 0 Å². The van der Waals surface area contributed by atoms with E-state index < -0.39 is 24.3 Å². The molecule has 0 aromatic heterocycles. The van der Waals surface area contributed by atoms with E-state index in [1.807, 2.05) is 19.1 Å². The summed E-state index contributed by atoms with van der Waals surface area (Å²) < 4.78 is 10.8. The van der Waals surface area contributed by atoms with Crippen LogP contribution < -0.4 is 5.32 Å². The molecule has 3 N–H and O–H groups in total. The number of aromatic hydroxyl groups is 1. The van der Waals surface area contributed by atoms with Gasteiger partial charge < -0.3 is 25.0 Å². The second-order valence-corrected chi connectivity index (χ2v) is 8.44. The van der Waals surface area contributed by atoms with Crippen molar-refractivity contribution in [2.75, 3.05) is 13.2 Å². The molecule has 3 atom stereocenters. The van der Waals surface area contributed by atoms with Crippen molar-refractivity contribution in [2.24, 2.45) is 5.92 Å². The van der Waals surface area contributed by atoms with Gasteiger partial charge in [0, 0.05) is 13.0 Å². The van der Waals surface area contributed by atoms with Crippen molar-refractivity contribution in [3.05, 3.63) is 41.5 Å². The zero-order valence-electron chi connectivity index (χ0n) is 19.2. The van der Waals surface area contributed by atoms with Crippen molar-refractivity contribution in [1.82, 2.24) is 5.32 Å². The largest absolute Gasteiger partial charge is 0.507 e. The number of benzene rings is 1. The van der Waals surface area contributed by atoms with E-state index in [4.69, 9.17) is 9.47 Å². The van der Waals surface area contributed by atoms with Gasteiger partial charge in [0.15, 0.2) is 0 Å². The number of fused-ring (bicyclic) bond motifs is 1. The summed E-state index contributed by atoms with van der Waals surface area (Å²) in [6.45, 7) is 4.84. The van der Waals surface area contributed by atoms with Gasteiger partial charge in [-0.05, 0) is 49.7 Å². The van der Waals surface area contributed by atoms with Gasteiger partial charge in [0.05, 0.1) is 12.7 Å². The van der Waals surface area contributed by atoms with Gasteiger partial charge in [-0.15, -0.1) is 0 Å². The number of allylic oxidation sites excluding steroid dienone is 2. The Morgan fingerprint density at radius 2 is 2.06 bits per heavy atom. The Bertz CT molecular complexity index is 763. The number of alkyl carbamates (subject to hydrolysis) is 1. The molecule has 1 heterocycles. The molecule has 0 saturated heterocycles. The monoisotopic (exact) mass is 447 g/mol. The van der Waals surface area contributed by atoms with Crippen LogP contribution in [0.1, 0.15) is 74.7 Å². The number of nitrogens with one attached hydrogen (secondary N) is 1. The molecule has 0 radical (unpaired) electrons. The molecular formula is C25H37NO6. The van der Waals surface area contributed by atoms with E-state index in [0.717, 1.165) is 19.3 Å². The minimum absolute atomic E-state index is 0.0201. The first-order valence-corrected chi connectivity index (χ1v) is 11.7. The summed E-state index contributed by atoms with van der Waals surface area (Å²) in [5.41, 5.74) is 0.866. The Morgan fingerprint density at radius 1 is 1.25 bits per heavy atom. The number of aliphatic hydroxyl groups excluding tert-OH is 1. The van der Waals surface area contributed by atoms with Gasteiger partial charge in [-0.25, -0.2) is 9.59 Å². The third-order valence-corrected chi connectivity index (χ3v) is 5.73. The molecule has 1 aliphatic rings. The van der Waals surface area contributed by atoms with Crippen molar-refractivity contribution < 1.29 is 29.3 Å². The van der Waals surface area contributed by atoms with E-state index in [2.05, 4.69) is 12.2 Å². The number of hydrogen-bond acceptors (Lipinski definition) is 6. The van der Waals surface area contributed by atoms with Crippen LogP contribution in [-0.2, 0) is 15.9 Å². The minimum atomic E-state index is -0.628. The Labute approximate surface area is 190 Å². The molecule has 0 saturated carbocycles. The number of phenolic OH excluding ortho intramolecular Hbond substituents is 1. The van der Waals surface area contributed by atoms with Gasteiger partial charge in [0.1, 0.15) is 17.4 Å². The molecule has 0 bridgehead atoms. The number of carbonyl (C=O) groups is 2. The molecule has 0 spiro atoms. The number of rotatable bonds is 8. The first-order chi connectivity index (χ1) is 15.4. The summed E-state index contributed by atoms with van der Waals surface area (Å²) in [5, 5.41) is 23.6. The Morgan fingerprint density at radius 3 is 2.84 bits per heavy atom. The van der Waals surface area contributed by atoms with Crippen LogP contribution in [0.3, 0.4) is 0 Å². The first kappa shape index (κ1) is 25.7. The standard InChI is InChI=1S/C25H37NO6/c1-3-4-7-16-31-25(30)26-15-9-13-20-17-22(28)18(2)10-5-6-11-19-12-8-14-21(27)23(19)24(29)32-20/h5-6,8,12,14,18,20,22,27-28H,3-4,7,9-11,13,15-17H2,1-2H3,(H,26,30)/t18-,20-,22+/m0/s1. The topological polar surface area (TPSA) is 105 Å². The van der Waals surface area contributed by atoms with Crippen molar-refractivity contribution in [3.63, 3.8) is 0 Å². The third kappa shape index (κ3) is 8.54. The highest BCUT2D eigenvalue weighted by atomic mass is 16.6. The molecule has 1 amide bonds. The number of unbranched alkanes of at least 4 members (excludes halogenated alkanes) is 2. The number of carbonyl (C=O) groups excluding carboxylic acids is 2. The zero-order valence-corrected chi connectivity index (χ0v) is 19.2. The van der Waals surface area contributed by atoms with Crippen LogP contribution in [0.5, 0.6) is 5.75 Å². The summed E-state index contributed by atoms with van der Waals surface area (Å²) in [6, 6.07) is 4.98. The summed E-state index contributed by atoms with van der Waals surface area (Å²) in [5.74, 6) is -0.690. The lowest BCUT2D eigenvalue weighted by Crippen LogP contribution is -2.30. The molecule has 7 nitrogen and oxygen atoms in total. The Hall–Kier alpha value is -2.54. The molecule has 32 heavy (non-hydrogen) atoms. The van der Waals surface area contributed by atoms with Gasteiger partial charge in [-0.1, -0.05) is 51.0 Å². The number of hydrogen-bond donors (Lipinski definition) is 3. The molecule has 7 heteroatoms. The molecule has 0 fully saturated rings. The van der Waals surface area contributed by atoms with Crippen molar-refractivity contribution in [2.45, 2.75) is 77.4 Å². The number of amides is 1. The van der Waals surface area contributed by atoms with Crippen molar-refractivity contribution in [3.8, 4) is 5.75 Å². The fourth-order valence-electron chi connectivity index (χ4n) is 3.70. The second-order valence-electron chi connectivity index (χ2n) is 8.44. The lowest BCUT2D eigenvalue weighted by atomic mass is 9.93. The van der Waals surface area contributed by atoms with E-state index in [-0.39, 0.29) is 17.2 Å². The van der Waals surface area contributed by atoms with E-state index in [1.54, 1.807) is 12.1 Å². The highest BCUT2D eigenvalue weighted by Gasteiger charge is 2.25. The third-order valence-electron chi connectivity index (χ3n) is 5.73. The molecule has 0 aliphatic carbocycles. The smallest absolute Gasteiger partial charge is 0.407 e. The SMILES string of the molecule is CCCCCOC(=O)NCCC[C@H]1C[C@@H](O)[C@@H](C)CC=CCc2cccc(O)c2C(=O)O1. The van der Waals surface area contributed by atoms with E-state index in [0.29, 0.717) is 50.8 Å². The summed E-state index contributed by atoms with van der Waals surface area (Å²) >= 11 is 0. The molecule has 0 unspecified atom stereocenters. The highest BCUT2D eigenvalue weighted by Crippen LogP contribution is 2.26. The normalized spacial score (nSPS) is 21.6. The van der Waals surface area contributed by atoms with E-state index >= 15 is 0 Å². The molecule has 1 aromatic carbocycles. The fourth-order valence-corrected chi connectivity index (χ4v) is 3.70. The van der Waals surface area contributed by atoms with Crippen molar-refractivity contribution in [1.29, 1.82) is 0 Å². The summed E-state index contributed by atoms with van der Waals surface area (Å²) in [4.78, 5) is 24.6. The zero-order chi connectivity index (χ0) is 23.3. The number of cyclic esters (lactones) is 1. The van der Waals surface area contributed by atoms with Crippen LogP contribution in [0.25, 0.3) is 0 Å². The molecule has 2 rings (SSSR count). The summed E-state index contributed by atoms with van der Waals surface area (Å²) in [6.07, 6.45) is 7.82. The molecule has 1 aliphatic heterocycles.